The second-order valence-electron chi connectivity index (χ2n) is 7.42. The highest BCUT2D eigenvalue weighted by Crippen LogP contribution is 2.32. The summed E-state index contributed by atoms with van der Waals surface area (Å²) in [5.41, 5.74) is 1.39. The lowest BCUT2D eigenvalue weighted by atomic mass is 10.1. The van der Waals surface area contributed by atoms with Crippen molar-refractivity contribution in [1.29, 1.82) is 0 Å². The van der Waals surface area contributed by atoms with E-state index < -0.39 is 0 Å². The first kappa shape index (κ1) is 19.3. The Labute approximate surface area is 167 Å². The standard InChI is InChI=1S/C20H25N5O4/c1-13(9-14-5-6-15-16(10-14)29-12-28-15)21-7-4-8-25-11-22-18-17(25)19(26)24(3)20(27)23(18)2/h5-6,10-11,13,21H,4,7-9,12H2,1-3H3. The second kappa shape index (κ2) is 7.75. The van der Waals surface area contributed by atoms with Gasteiger partial charge in [-0.25, -0.2) is 9.78 Å². The summed E-state index contributed by atoms with van der Waals surface area (Å²) in [5, 5.41) is 3.51. The minimum Gasteiger partial charge on any atom is -0.454 e. The van der Waals surface area contributed by atoms with Crippen molar-refractivity contribution in [3.05, 3.63) is 50.9 Å². The largest absolute Gasteiger partial charge is 0.454 e. The minimum atomic E-state index is -0.369. The third-order valence-electron chi connectivity index (χ3n) is 5.26. The SMILES string of the molecule is CC(Cc1ccc2c(c1)OCO2)NCCCn1cnc2c1c(=O)n(C)c(=O)n2C. The topological polar surface area (TPSA) is 92.3 Å². The zero-order chi connectivity index (χ0) is 20.5. The van der Waals surface area contributed by atoms with E-state index in [2.05, 4.69) is 23.3 Å². The molecule has 1 aliphatic heterocycles. The summed E-state index contributed by atoms with van der Waals surface area (Å²) in [6.07, 6.45) is 3.35. The fraction of sp³-hybridized carbons (Fsp3) is 0.450. The lowest BCUT2D eigenvalue weighted by Crippen LogP contribution is -2.37. The maximum atomic E-state index is 12.5. The predicted octanol–water partition coefficient (Wildman–Crippen LogP) is 0.773. The minimum absolute atomic E-state index is 0.285. The van der Waals surface area contributed by atoms with Gasteiger partial charge >= 0.3 is 5.69 Å². The van der Waals surface area contributed by atoms with Crippen molar-refractivity contribution in [3.8, 4) is 11.5 Å². The first-order valence-corrected chi connectivity index (χ1v) is 9.68. The average Bonchev–Trinajstić information content (AvgIpc) is 3.34. The Kier molecular flexibility index (Phi) is 5.14. The van der Waals surface area contributed by atoms with Crippen molar-refractivity contribution in [1.82, 2.24) is 24.0 Å². The van der Waals surface area contributed by atoms with Crippen molar-refractivity contribution in [2.24, 2.45) is 14.1 Å². The van der Waals surface area contributed by atoms with Gasteiger partial charge in [0.15, 0.2) is 22.7 Å². The molecule has 3 heterocycles. The number of fused-ring (bicyclic) bond motifs is 2. The van der Waals surface area contributed by atoms with E-state index in [0.29, 0.717) is 23.8 Å². The fourth-order valence-corrected chi connectivity index (χ4v) is 3.66. The zero-order valence-electron chi connectivity index (χ0n) is 16.8. The van der Waals surface area contributed by atoms with Crippen molar-refractivity contribution in [2.45, 2.75) is 32.4 Å². The van der Waals surface area contributed by atoms with Crippen molar-refractivity contribution in [3.63, 3.8) is 0 Å². The number of imidazole rings is 1. The molecule has 1 unspecified atom stereocenters. The highest BCUT2D eigenvalue weighted by molar-refractivity contribution is 5.69. The summed E-state index contributed by atoms with van der Waals surface area (Å²) in [4.78, 5) is 28.7. The van der Waals surface area contributed by atoms with Crippen LogP contribution in [0.25, 0.3) is 11.2 Å². The van der Waals surface area contributed by atoms with Gasteiger partial charge in [-0.05, 0) is 44.0 Å². The van der Waals surface area contributed by atoms with Gasteiger partial charge in [-0.2, -0.15) is 0 Å². The van der Waals surface area contributed by atoms with Gasteiger partial charge in [0, 0.05) is 26.7 Å². The molecule has 0 saturated carbocycles. The molecule has 0 saturated heterocycles. The molecule has 154 valence electrons. The van der Waals surface area contributed by atoms with Crippen LogP contribution in [0.1, 0.15) is 18.9 Å². The summed E-state index contributed by atoms with van der Waals surface area (Å²) >= 11 is 0. The maximum absolute atomic E-state index is 12.5. The van der Waals surface area contributed by atoms with E-state index in [1.54, 1.807) is 13.4 Å². The molecule has 9 nitrogen and oxygen atoms in total. The second-order valence-corrected chi connectivity index (χ2v) is 7.42. The summed E-state index contributed by atoms with van der Waals surface area (Å²) in [7, 11) is 3.11. The molecule has 0 fully saturated rings. The number of aryl methyl sites for hydroxylation is 2. The normalized spacial score (nSPS) is 13.9. The molecule has 0 amide bonds. The molecule has 0 aliphatic carbocycles. The third-order valence-corrected chi connectivity index (χ3v) is 5.26. The van der Waals surface area contributed by atoms with Crippen LogP contribution >= 0.6 is 0 Å². The highest BCUT2D eigenvalue weighted by atomic mass is 16.7. The van der Waals surface area contributed by atoms with E-state index in [1.807, 2.05) is 16.7 Å². The number of aromatic nitrogens is 4. The molecular weight excluding hydrogens is 374 g/mol. The van der Waals surface area contributed by atoms with Crippen molar-refractivity contribution >= 4 is 11.2 Å². The van der Waals surface area contributed by atoms with E-state index in [9.17, 15) is 9.59 Å². The van der Waals surface area contributed by atoms with Gasteiger partial charge in [-0.3, -0.25) is 13.9 Å². The lowest BCUT2D eigenvalue weighted by Gasteiger charge is -2.14. The number of nitrogens with zero attached hydrogens (tertiary/aromatic N) is 4. The van der Waals surface area contributed by atoms with E-state index in [4.69, 9.17) is 9.47 Å². The Balaban J connectivity index is 1.34. The summed E-state index contributed by atoms with van der Waals surface area (Å²) < 4.78 is 15.1. The van der Waals surface area contributed by atoms with Crippen LogP contribution in [0, 0.1) is 0 Å². The van der Waals surface area contributed by atoms with Crippen LogP contribution in [0.4, 0.5) is 0 Å². The monoisotopic (exact) mass is 399 g/mol. The summed E-state index contributed by atoms with van der Waals surface area (Å²) in [5.74, 6) is 1.60. The quantitative estimate of drug-likeness (QED) is 0.590. The van der Waals surface area contributed by atoms with Crippen molar-refractivity contribution < 1.29 is 9.47 Å². The number of benzene rings is 1. The first-order chi connectivity index (χ1) is 14.0. The van der Waals surface area contributed by atoms with Crippen molar-refractivity contribution in [2.75, 3.05) is 13.3 Å². The molecule has 9 heteroatoms. The summed E-state index contributed by atoms with van der Waals surface area (Å²) in [6.45, 7) is 3.88. The molecule has 29 heavy (non-hydrogen) atoms. The number of hydrogen-bond acceptors (Lipinski definition) is 6. The molecular formula is C20H25N5O4. The Morgan fingerprint density at radius 2 is 1.97 bits per heavy atom. The maximum Gasteiger partial charge on any atom is 0.332 e. The van der Waals surface area contributed by atoms with Gasteiger partial charge in [0.25, 0.3) is 5.56 Å². The smallest absolute Gasteiger partial charge is 0.332 e. The van der Waals surface area contributed by atoms with Gasteiger partial charge in [0.2, 0.25) is 6.79 Å². The zero-order valence-corrected chi connectivity index (χ0v) is 16.8. The Morgan fingerprint density at radius 3 is 2.79 bits per heavy atom. The molecule has 3 aromatic rings. The van der Waals surface area contributed by atoms with Crippen LogP contribution in [-0.4, -0.2) is 38.1 Å². The average molecular weight is 399 g/mol. The van der Waals surface area contributed by atoms with Crippen LogP contribution in [0.3, 0.4) is 0 Å². The summed E-state index contributed by atoms with van der Waals surface area (Å²) in [6, 6.07) is 6.33. The number of nitrogens with one attached hydrogen (secondary N) is 1. The van der Waals surface area contributed by atoms with Gasteiger partial charge in [0.05, 0.1) is 6.33 Å². The lowest BCUT2D eigenvalue weighted by molar-refractivity contribution is 0.174. The van der Waals surface area contributed by atoms with Crippen LogP contribution < -0.4 is 26.0 Å². The molecule has 1 atom stereocenters. The number of hydrogen-bond donors (Lipinski definition) is 1. The third kappa shape index (κ3) is 3.65. The predicted molar refractivity (Wildman–Crippen MR) is 109 cm³/mol. The Morgan fingerprint density at radius 1 is 1.17 bits per heavy atom. The first-order valence-electron chi connectivity index (χ1n) is 9.68. The molecule has 0 bridgehead atoms. The van der Waals surface area contributed by atoms with Gasteiger partial charge in [-0.15, -0.1) is 0 Å². The highest BCUT2D eigenvalue weighted by Gasteiger charge is 2.15. The van der Waals surface area contributed by atoms with Gasteiger partial charge in [0.1, 0.15) is 0 Å². The molecule has 2 aromatic heterocycles. The van der Waals surface area contributed by atoms with E-state index in [1.165, 1.54) is 17.2 Å². The van der Waals surface area contributed by atoms with Gasteiger partial charge in [-0.1, -0.05) is 6.07 Å². The van der Waals surface area contributed by atoms with Crippen LogP contribution in [0.5, 0.6) is 11.5 Å². The van der Waals surface area contributed by atoms with Crippen LogP contribution in [0.15, 0.2) is 34.1 Å². The molecule has 0 spiro atoms. The Hall–Kier alpha value is -3.07. The Bertz CT molecular complexity index is 1160. The molecule has 0 radical (unpaired) electrons. The number of rotatable bonds is 7. The van der Waals surface area contributed by atoms with Gasteiger partial charge < -0.3 is 19.4 Å². The molecule has 1 aromatic carbocycles. The molecule has 1 aliphatic rings. The molecule has 1 N–H and O–H groups in total. The van der Waals surface area contributed by atoms with Crippen LogP contribution in [-0.2, 0) is 27.1 Å². The van der Waals surface area contributed by atoms with E-state index in [-0.39, 0.29) is 18.0 Å². The van der Waals surface area contributed by atoms with E-state index >= 15 is 0 Å². The molecule has 4 rings (SSSR count). The fourth-order valence-electron chi connectivity index (χ4n) is 3.66. The van der Waals surface area contributed by atoms with Crippen LogP contribution in [0.2, 0.25) is 0 Å². The van der Waals surface area contributed by atoms with E-state index in [0.717, 1.165) is 35.5 Å². The number of ether oxygens (including phenoxy) is 2.